The number of hydrogen-bond donors (Lipinski definition) is 2. The van der Waals surface area contributed by atoms with Crippen LogP contribution in [0, 0.1) is 5.92 Å². The number of carbonyl (C=O) groups excluding carboxylic acids is 1. The van der Waals surface area contributed by atoms with Crippen LogP contribution in [0.3, 0.4) is 0 Å². The van der Waals surface area contributed by atoms with Crippen molar-refractivity contribution in [2.45, 2.75) is 52.1 Å². The molecule has 2 aliphatic rings. The van der Waals surface area contributed by atoms with Crippen molar-refractivity contribution in [3.05, 3.63) is 0 Å². The summed E-state index contributed by atoms with van der Waals surface area (Å²) in [5.41, 5.74) is 0. The monoisotopic (exact) mass is 368 g/mol. The van der Waals surface area contributed by atoms with Gasteiger partial charge in [0.25, 0.3) is 0 Å². The molecular weight excluding hydrogens is 332 g/mol. The lowest BCUT2D eigenvalue weighted by atomic mass is 10.00. The van der Waals surface area contributed by atoms with Crippen LogP contribution in [-0.4, -0.2) is 75.4 Å². The Morgan fingerprint density at radius 2 is 2.23 bits per heavy atom. The van der Waals surface area contributed by atoms with Crippen molar-refractivity contribution in [1.82, 2.24) is 15.5 Å². The number of hydrogen-bond acceptors (Lipinski definition) is 4. The van der Waals surface area contributed by atoms with Crippen molar-refractivity contribution < 1.29 is 14.3 Å². The first-order valence-electron chi connectivity index (χ1n) is 10.2. The highest BCUT2D eigenvalue weighted by molar-refractivity contribution is 5.81. The van der Waals surface area contributed by atoms with Gasteiger partial charge < -0.3 is 25.0 Å². The molecule has 2 unspecified atom stereocenters. The second-order valence-corrected chi connectivity index (χ2v) is 7.23. The molecule has 1 amide bonds. The minimum absolute atomic E-state index is 0.243. The Morgan fingerprint density at radius 1 is 1.35 bits per heavy atom. The van der Waals surface area contributed by atoms with Crippen molar-refractivity contribution in [2.75, 3.05) is 52.5 Å². The van der Waals surface area contributed by atoms with Crippen molar-refractivity contribution in [1.29, 1.82) is 0 Å². The molecule has 150 valence electrons. The number of guanidine groups is 1. The average molecular weight is 369 g/mol. The summed E-state index contributed by atoms with van der Waals surface area (Å²) in [6, 6.07) is 0. The summed E-state index contributed by atoms with van der Waals surface area (Å²) in [5.74, 6) is 1.64. The van der Waals surface area contributed by atoms with E-state index in [1.165, 1.54) is 6.42 Å². The molecule has 2 rings (SSSR count). The molecule has 0 aromatic heterocycles. The number of amides is 1. The van der Waals surface area contributed by atoms with E-state index in [0.29, 0.717) is 32.0 Å². The Hall–Kier alpha value is -1.34. The maximum Gasteiger partial charge on any atom is 0.224 e. The normalized spacial score (nSPS) is 23.9. The number of nitrogens with one attached hydrogen (secondary N) is 2. The first kappa shape index (κ1) is 21.0. The third kappa shape index (κ3) is 7.91. The van der Waals surface area contributed by atoms with E-state index >= 15 is 0 Å². The Kier molecular flexibility index (Phi) is 9.77. The number of ether oxygens (including phenoxy) is 2. The van der Waals surface area contributed by atoms with E-state index < -0.39 is 0 Å². The summed E-state index contributed by atoms with van der Waals surface area (Å²) >= 11 is 0. The lowest BCUT2D eigenvalue weighted by Crippen LogP contribution is -2.42. The molecule has 26 heavy (non-hydrogen) atoms. The predicted molar refractivity (Wildman–Crippen MR) is 103 cm³/mol. The molecule has 0 saturated carbocycles. The molecule has 2 heterocycles. The van der Waals surface area contributed by atoms with Gasteiger partial charge in [0.15, 0.2) is 5.96 Å². The van der Waals surface area contributed by atoms with Crippen LogP contribution in [0.2, 0.25) is 0 Å². The van der Waals surface area contributed by atoms with E-state index in [2.05, 4.69) is 22.5 Å². The first-order chi connectivity index (χ1) is 12.7. The largest absolute Gasteiger partial charge is 0.379 e. The van der Waals surface area contributed by atoms with Gasteiger partial charge in [-0.2, -0.15) is 0 Å². The molecule has 0 aliphatic carbocycles. The van der Waals surface area contributed by atoms with E-state index in [4.69, 9.17) is 9.47 Å². The molecule has 7 nitrogen and oxygen atoms in total. The summed E-state index contributed by atoms with van der Waals surface area (Å²) in [6.07, 6.45) is 5.02. The first-order valence-corrected chi connectivity index (χ1v) is 10.2. The third-order valence-corrected chi connectivity index (χ3v) is 4.80. The van der Waals surface area contributed by atoms with E-state index in [9.17, 15) is 4.79 Å². The quantitative estimate of drug-likeness (QED) is 0.365. The molecule has 0 aromatic carbocycles. The second kappa shape index (κ2) is 12.1. The van der Waals surface area contributed by atoms with Crippen LogP contribution >= 0.6 is 0 Å². The van der Waals surface area contributed by atoms with Crippen molar-refractivity contribution in [3.8, 4) is 0 Å². The zero-order valence-electron chi connectivity index (χ0n) is 16.5. The lowest BCUT2D eigenvalue weighted by Gasteiger charge is -2.31. The molecule has 2 atom stereocenters. The highest BCUT2D eigenvalue weighted by Crippen LogP contribution is 2.15. The smallest absolute Gasteiger partial charge is 0.224 e. The standard InChI is InChI=1S/C19H36N4O3/c1-3-20-19(21-9-5-12-26-17-8-13-25-15-17)22-10-7-18(24)23-11-4-6-16(2)14-23/h16-17H,3-15H2,1-2H3,(H2,20,21,22). The van der Waals surface area contributed by atoms with Gasteiger partial charge in [0.1, 0.15) is 0 Å². The van der Waals surface area contributed by atoms with Gasteiger partial charge in [-0.05, 0) is 38.5 Å². The topological polar surface area (TPSA) is 75.2 Å². The molecule has 0 spiro atoms. The van der Waals surface area contributed by atoms with Gasteiger partial charge in [0.2, 0.25) is 5.91 Å². The zero-order chi connectivity index (χ0) is 18.6. The second-order valence-electron chi connectivity index (χ2n) is 7.23. The number of carbonyl (C=O) groups is 1. The maximum atomic E-state index is 12.3. The summed E-state index contributed by atoms with van der Waals surface area (Å²) in [6.45, 7) is 10.4. The molecule has 2 saturated heterocycles. The molecule has 2 N–H and O–H groups in total. The van der Waals surface area contributed by atoms with E-state index in [1.807, 2.05) is 11.8 Å². The number of aliphatic imine (C=N–C) groups is 1. The van der Waals surface area contributed by atoms with Gasteiger partial charge in [0.05, 0.1) is 12.7 Å². The molecular formula is C19H36N4O3. The highest BCUT2D eigenvalue weighted by Gasteiger charge is 2.20. The van der Waals surface area contributed by atoms with Gasteiger partial charge in [-0.1, -0.05) is 6.92 Å². The third-order valence-electron chi connectivity index (χ3n) is 4.80. The fourth-order valence-corrected chi connectivity index (χ4v) is 3.35. The number of likely N-dealkylation sites (tertiary alicyclic amines) is 1. The molecule has 0 radical (unpaired) electrons. The Bertz CT molecular complexity index is 439. The summed E-state index contributed by atoms with van der Waals surface area (Å²) in [7, 11) is 0. The van der Waals surface area contributed by atoms with Crippen LogP contribution in [0.5, 0.6) is 0 Å². The molecule has 2 fully saturated rings. The van der Waals surface area contributed by atoms with Gasteiger partial charge in [0, 0.05) is 52.4 Å². The molecule has 7 heteroatoms. The summed E-state index contributed by atoms with van der Waals surface area (Å²) in [5, 5.41) is 6.49. The summed E-state index contributed by atoms with van der Waals surface area (Å²) in [4.78, 5) is 18.9. The van der Waals surface area contributed by atoms with Crippen molar-refractivity contribution in [2.24, 2.45) is 10.9 Å². The van der Waals surface area contributed by atoms with Crippen LogP contribution in [0.25, 0.3) is 0 Å². The van der Waals surface area contributed by atoms with E-state index in [0.717, 1.165) is 58.1 Å². The van der Waals surface area contributed by atoms with Crippen molar-refractivity contribution >= 4 is 11.9 Å². The van der Waals surface area contributed by atoms with Gasteiger partial charge in [-0.15, -0.1) is 0 Å². The SMILES string of the molecule is CCNC(=NCCCOC1CCOC1)NCCC(=O)N1CCCC(C)C1. The Balaban J connectivity index is 1.60. The summed E-state index contributed by atoms with van der Waals surface area (Å²) < 4.78 is 11.0. The van der Waals surface area contributed by atoms with Crippen molar-refractivity contribution in [3.63, 3.8) is 0 Å². The lowest BCUT2D eigenvalue weighted by molar-refractivity contribution is -0.132. The fraction of sp³-hybridized carbons (Fsp3) is 0.895. The Labute approximate surface area is 157 Å². The minimum Gasteiger partial charge on any atom is -0.379 e. The van der Waals surface area contributed by atoms with E-state index in [1.54, 1.807) is 0 Å². The predicted octanol–water partition coefficient (Wildman–Crippen LogP) is 1.39. The zero-order valence-corrected chi connectivity index (χ0v) is 16.5. The van der Waals surface area contributed by atoms with Crippen LogP contribution < -0.4 is 10.6 Å². The average Bonchev–Trinajstić information content (AvgIpc) is 3.14. The number of nitrogens with zero attached hydrogens (tertiary/aromatic N) is 2. The van der Waals surface area contributed by atoms with E-state index in [-0.39, 0.29) is 12.0 Å². The van der Waals surface area contributed by atoms with Gasteiger partial charge in [-0.3, -0.25) is 9.79 Å². The van der Waals surface area contributed by atoms with Crippen LogP contribution in [-0.2, 0) is 14.3 Å². The van der Waals surface area contributed by atoms with Gasteiger partial charge >= 0.3 is 0 Å². The Morgan fingerprint density at radius 3 is 2.96 bits per heavy atom. The number of rotatable bonds is 9. The highest BCUT2D eigenvalue weighted by atomic mass is 16.5. The maximum absolute atomic E-state index is 12.3. The molecule has 0 aromatic rings. The van der Waals surface area contributed by atoms with Crippen LogP contribution in [0.1, 0.15) is 46.0 Å². The van der Waals surface area contributed by atoms with Crippen LogP contribution in [0.4, 0.5) is 0 Å². The van der Waals surface area contributed by atoms with Gasteiger partial charge in [-0.25, -0.2) is 0 Å². The minimum atomic E-state index is 0.243. The molecule has 0 bridgehead atoms. The number of piperidine rings is 1. The fourth-order valence-electron chi connectivity index (χ4n) is 3.35. The molecule has 2 aliphatic heterocycles. The van der Waals surface area contributed by atoms with Crippen LogP contribution in [0.15, 0.2) is 4.99 Å².